The van der Waals surface area contributed by atoms with Crippen molar-refractivity contribution in [1.82, 2.24) is 9.80 Å². The van der Waals surface area contributed by atoms with Gasteiger partial charge in [-0.05, 0) is 37.8 Å². The highest BCUT2D eigenvalue weighted by atomic mass is 32.1. The molecule has 5 heteroatoms. The van der Waals surface area contributed by atoms with Crippen molar-refractivity contribution in [3.05, 3.63) is 21.9 Å². The summed E-state index contributed by atoms with van der Waals surface area (Å²) in [4.78, 5) is 17.7. The van der Waals surface area contributed by atoms with Crippen molar-refractivity contribution in [2.45, 2.75) is 32.4 Å². The zero-order chi connectivity index (χ0) is 14.2. The third-order valence-electron chi connectivity index (χ3n) is 4.07. The second-order valence-corrected chi connectivity index (χ2v) is 6.65. The molecular weight excluding hydrogens is 258 g/mol. The van der Waals surface area contributed by atoms with Crippen LogP contribution in [-0.4, -0.2) is 47.9 Å². The van der Waals surface area contributed by atoms with Crippen molar-refractivity contribution in [1.29, 1.82) is 0 Å². The molecule has 1 fully saturated rings. The molecule has 2 rings (SSSR count). The van der Waals surface area contributed by atoms with Crippen LogP contribution in [0.5, 0.6) is 0 Å². The summed E-state index contributed by atoms with van der Waals surface area (Å²) < 4.78 is 0. The quantitative estimate of drug-likeness (QED) is 0.916. The Labute approximate surface area is 119 Å². The summed E-state index contributed by atoms with van der Waals surface area (Å²) >= 11 is 1.73. The standard InChI is InChI=1S/C14H23N3OS/c1-10-5-8-19-12(10)11(9-15)17-7-6-16(4)13(18)14(17,2)3/h5,8,11H,6-7,9,15H2,1-4H3. The number of thiophene rings is 1. The van der Waals surface area contributed by atoms with Gasteiger partial charge in [0.1, 0.15) is 0 Å². The molecule has 1 atom stereocenters. The Morgan fingerprint density at radius 2 is 2.16 bits per heavy atom. The number of hydrogen-bond donors (Lipinski definition) is 1. The maximum atomic E-state index is 12.4. The average molecular weight is 281 g/mol. The van der Waals surface area contributed by atoms with E-state index in [1.54, 1.807) is 11.3 Å². The van der Waals surface area contributed by atoms with Gasteiger partial charge in [-0.15, -0.1) is 11.3 Å². The molecule has 0 aliphatic carbocycles. The third-order valence-corrected chi connectivity index (χ3v) is 5.19. The molecule has 1 aromatic heterocycles. The van der Waals surface area contributed by atoms with Gasteiger partial charge in [0.05, 0.1) is 11.6 Å². The molecule has 0 aromatic carbocycles. The lowest BCUT2D eigenvalue weighted by molar-refractivity contribution is -0.149. The predicted molar refractivity (Wildman–Crippen MR) is 79.3 cm³/mol. The normalized spacial score (nSPS) is 21.7. The van der Waals surface area contributed by atoms with E-state index in [9.17, 15) is 4.79 Å². The van der Waals surface area contributed by atoms with Gasteiger partial charge in [-0.1, -0.05) is 0 Å². The number of aryl methyl sites for hydroxylation is 1. The fourth-order valence-corrected chi connectivity index (χ4v) is 3.93. The Bertz CT molecular complexity index is 469. The fourth-order valence-electron chi connectivity index (χ4n) is 2.88. The van der Waals surface area contributed by atoms with E-state index in [2.05, 4.69) is 23.3 Å². The topological polar surface area (TPSA) is 49.6 Å². The zero-order valence-corrected chi connectivity index (χ0v) is 13.0. The van der Waals surface area contributed by atoms with Crippen LogP contribution in [0.25, 0.3) is 0 Å². The van der Waals surface area contributed by atoms with Crippen LogP contribution in [0.3, 0.4) is 0 Å². The number of carbonyl (C=O) groups excluding carboxylic acids is 1. The Balaban J connectivity index is 2.34. The molecule has 0 bridgehead atoms. The molecule has 1 amide bonds. The van der Waals surface area contributed by atoms with Crippen molar-refractivity contribution in [3.8, 4) is 0 Å². The number of rotatable bonds is 3. The Morgan fingerprint density at radius 3 is 2.68 bits per heavy atom. The van der Waals surface area contributed by atoms with Crippen molar-refractivity contribution in [2.75, 3.05) is 26.7 Å². The van der Waals surface area contributed by atoms with Crippen LogP contribution >= 0.6 is 11.3 Å². The van der Waals surface area contributed by atoms with E-state index < -0.39 is 5.54 Å². The lowest BCUT2D eigenvalue weighted by Crippen LogP contribution is -2.63. The van der Waals surface area contributed by atoms with E-state index in [-0.39, 0.29) is 11.9 Å². The molecule has 106 valence electrons. The Hall–Kier alpha value is -0.910. The summed E-state index contributed by atoms with van der Waals surface area (Å²) in [6.45, 7) is 8.28. The highest BCUT2D eigenvalue weighted by molar-refractivity contribution is 7.10. The molecule has 1 aliphatic heterocycles. The number of hydrogen-bond acceptors (Lipinski definition) is 4. The number of nitrogens with zero attached hydrogens (tertiary/aromatic N) is 2. The fraction of sp³-hybridized carbons (Fsp3) is 0.643. The lowest BCUT2D eigenvalue weighted by Gasteiger charge is -2.48. The number of piperazine rings is 1. The van der Waals surface area contributed by atoms with Crippen LogP contribution in [0.2, 0.25) is 0 Å². The molecular formula is C14H23N3OS. The lowest BCUT2D eigenvalue weighted by atomic mass is 9.94. The SMILES string of the molecule is Cc1ccsc1C(CN)N1CCN(C)C(=O)C1(C)C. The van der Waals surface area contributed by atoms with Crippen molar-refractivity contribution in [2.24, 2.45) is 5.73 Å². The van der Waals surface area contributed by atoms with Gasteiger partial charge >= 0.3 is 0 Å². The van der Waals surface area contributed by atoms with Crippen LogP contribution < -0.4 is 5.73 Å². The third kappa shape index (κ3) is 2.42. The highest BCUT2D eigenvalue weighted by Gasteiger charge is 2.44. The van der Waals surface area contributed by atoms with E-state index in [0.29, 0.717) is 6.54 Å². The van der Waals surface area contributed by atoms with E-state index in [1.807, 2.05) is 25.8 Å². The first kappa shape index (κ1) is 14.5. The maximum absolute atomic E-state index is 12.4. The van der Waals surface area contributed by atoms with E-state index in [4.69, 9.17) is 5.73 Å². The molecule has 1 aromatic rings. The van der Waals surface area contributed by atoms with Gasteiger partial charge in [0.2, 0.25) is 5.91 Å². The Morgan fingerprint density at radius 1 is 1.47 bits per heavy atom. The molecule has 1 aliphatic rings. The minimum Gasteiger partial charge on any atom is -0.343 e. The summed E-state index contributed by atoms with van der Waals surface area (Å²) in [5, 5.41) is 2.10. The van der Waals surface area contributed by atoms with E-state index in [1.165, 1.54) is 10.4 Å². The monoisotopic (exact) mass is 281 g/mol. The van der Waals surface area contributed by atoms with E-state index in [0.717, 1.165) is 13.1 Å². The molecule has 0 saturated carbocycles. The molecule has 4 nitrogen and oxygen atoms in total. The highest BCUT2D eigenvalue weighted by Crippen LogP contribution is 2.35. The molecule has 0 radical (unpaired) electrons. The summed E-state index contributed by atoms with van der Waals surface area (Å²) in [5.41, 5.74) is 6.78. The first-order valence-corrected chi connectivity index (χ1v) is 7.54. The number of nitrogens with two attached hydrogens (primary N) is 1. The molecule has 2 heterocycles. The Kier molecular flexibility index (Phi) is 3.99. The molecule has 19 heavy (non-hydrogen) atoms. The van der Waals surface area contributed by atoms with E-state index >= 15 is 0 Å². The van der Waals surface area contributed by atoms with Gasteiger partial charge in [-0.2, -0.15) is 0 Å². The van der Waals surface area contributed by atoms with Gasteiger partial charge in [0.25, 0.3) is 0 Å². The number of amides is 1. The molecule has 2 N–H and O–H groups in total. The summed E-state index contributed by atoms with van der Waals surface area (Å²) in [6, 6.07) is 2.25. The molecule has 1 unspecified atom stereocenters. The number of carbonyl (C=O) groups is 1. The first-order valence-electron chi connectivity index (χ1n) is 6.66. The zero-order valence-electron chi connectivity index (χ0n) is 12.1. The molecule has 1 saturated heterocycles. The minimum atomic E-state index is -0.493. The van der Waals surface area contributed by atoms with Crippen molar-refractivity contribution >= 4 is 17.2 Å². The summed E-state index contributed by atoms with van der Waals surface area (Å²) in [6.07, 6.45) is 0. The predicted octanol–water partition coefficient (Wildman–Crippen LogP) is 1.61. The van der Waals surface area contributed by atoms with Gasteiger partial charge in [0.15, 0.2) is 0 Å². The smallest absolute Gasteiger partial charge is 0.242 e. The van der Waals surface area contributed by atoms with Crippen LogP contribution in [0.4, 0.5) is 0 Å². The van der Waals surface area contributed by atoms with Gasteiger partial charge in [0, 0.05) is 31.6 Å². The van der Waals surface area contributed by atoms with Crippen LogP contribution in [0.1, 0.15) is 30.3 Å². The minimum absolute atomic E-state index is 0.132. The molecule has 0 spiro atoms. The average Bonchev–Trinajstić information content (AvgIpc) is 2.77. The van der Waals surface area contributed by atoms with Gasteiger partial charge in [-0.3, -0.25) is 9.69 Å². The van der Waals surface area contributed by atoms with Crippen LogP contribution in [0.15, 0.2) is 11.4 Å². The van der Waals surface area contributed by atoms with Gasteiger partial charge in [-0.25, -0.2) is 0 Å². The largest absolute Gasteiger partial charge is 0.343 e. The maximum Gasteiger partial charge on any atom is 0.242 e. The summed E-state index contributed by atoms with van der Waals surface area (Å²) in [5.74, 6) is 0.173. The second kappa shape index (κ2) is 5.23. The van der Waals surface area contributed by atoms with Crippen molar-refractivity contribution < 1.29 is 4.79 Å². The summed E-state index contributed by atoms with van der Waals surface area (Å²) in [7, 11) is 1.87. The van der Waals surface area contributed by atoms with Gasteiger partial charge < -0.3 is 10.6 Å². The first-order chi connectivity index (χ1) is 8.89. The van der Waals surface area contributed by atoms with Crippen molar-refractivity contribution in [3.63, 3.8) is 0 Å². The van der Waals surface area contributed by atoms with Crippen LogP contribution in [-0.2, 0) is 4.79 Å². The number of likely N-dealkylation sites (N-methyl/N-ethyl adjacent to an activating group) is 1. The van der Waals surface area contributed by atoms with Crippen LogP contribution in [0, 0.1) is 6.92 Å². The second-order valence-electron chi connectivity index (χ2n) is 5.70.